The quantitative estimate of drug-likeness (QED) is 0.509. The molecule has 2 nitrogen and oxygen atoms in total. The molecule has 0 aromatic heterocycles. The molecule has 0 amide bonds. The van der Waals surface area contributed by atoms with Crippen LogP contribution in [0.5, 0.6) is 0 Å². The second-order valence-electron chi connectivity index (χ2n) is 5.50. The third kappa shape index (κ3) is 9.61. The van der Waals surface area contributed by atoms with Crippen molar-refractivity contribution in [2.75, 3.05) is 6.61 Å². The monoisotopic (exact) mass is 243 g/mol. The summed E-state index contributed by atoms with van der Waals surface area (Å²) in [6.45, 7) is 4.58. The summed E-state index contributed by atoms with van der Waals surface area (Å²) in [6, 6.07) is 0. The van der Waals surface area contributed by atoms with E-state index in [4.69, 9.17) is 5.73 Å². The molecule has 0 saturated carbocycles. The Morgan fingerprint density at radius 1 is 0.765 bits per heavy atom. The van der Waals surface area contributed by atoms with Crippen LogP contribution in [0.2, 0.25) is 0 Å². The van der Waals surface area contributed by atoms with Gasteiger partial charge < -0.3 is 10.8 Å². The van der Waals surface area contributed by atoms with Crippen LogP contribution >= 0.6 is 0 Å². The van der Waals surface area contributed by atoms with Gasteiger partial charge in [0.25, 0.3) is 0 Å². The van der Waals surface area contributed by atoms with Crippen molar-refractivity contribution in [3.63, 3.8) is 0 Å². The third-order valence-electron chi connectivity index (χ3n) is 3.62. The average molecular weight is 243 g/mol. The molecule has 0 heterocycles. The van der Waals surface area contributed by atoms with Gasteiger partial charge in [-0.25, -0.2) is 0 Å². The van der Waals surface area contributed by atoms with E-state index in [9.17, 15) is 5.11 Å². The van der Waals surface area contributed by atoms with Crippen LogP contribution in [0.3, 0.4) is 0 Å². The van der Waals surface area contributed by atoms with Crippen molar-refractivity contribution in [2.24, 2.45) is 5.73 Å². The van der Waals surface area contributed by atoms with Gasteiger partial charge in [-0.2, -0.15) is 0 Å². The maximum atomic E-state index is 9.40. The molecular formula is C15H33NO. The minimum atomic E-state index is -0.306. The first kappa shape index (κ1) is 16.9. The summed E-state index contributed by atoms with van der Waals surface area (Å²) >= 11 is 0. The summed E-state index contributed by atoms with van der Waals surface area (Å²) in [6.07, 6.45) is 13.3. The summed E-state index contributed by atoms with van der Waals surface area (Å²) in [7, 11) is 0. The van der Waals surface area contributed by atoms with E-state index < -0.39 is 0 Å². The molecule has 17 heavy (non-hydrogen) atoms. The molecule has 0 aliphatic carbocycles. The lowest BCUT2D eigenvalue weighted by molar-refractivity contribution is 0.171. The van der Waals surface area contributed by atoms with Crippen molar-refractivity contribution in [1.29, 1.82) is 0 Å². The fraction of sp³-hybridized carbons (Fsp3) is 1.00. The lowest BCUT2D eigenvalue weighted by atomic mass is 9.88. The lowest BCUT2D eigenvalue weighted by Crippen LogP contribution is -2.43. The van der Waals surface area contributed by atoms with E-state index in [2.05, 4.69) is 13.8 Å². The van der Waals surface area contributed by atoms with E-state index in [0.29, 0.717) is 0 Å². The number of nitrogens with two attached hydrogens (primary N) is 1. The molecule has 0 saturated heterocycles. The van der Waals surface area contributed by atoms with Gasteiger partial charge in [0.2, 0.25) is 0 Å². The van der Waals surface area contributed by atoms with Crippen molar-refractivity contribution in [3.05, 3.63) is 0 Å². The fourth-order valence-electron chi connectivity index (χ4n) is 2.27. The minimum Gasteiger partial charge on any atom is -0.394 e. The molecule has 1 unspecified atom stereocenters. The minimum absolute atomic E-state index is 0.145. The molecule has 0 rings (SSSR count). The molecule has 0 bridgehead atoms. The van der Waals surface area contributed by atoms with Crippen molar-refractivity contribution in [1.82, 2.24) is 0 Å². The molecule has 0 aliphatic rings. The van der Waals surface area contributed by atoms with Crippen molar-refractivity contribution >= 4 is 0 Å². The van der Waals surface area contributed by atoms with Crippen molar-refractivity contribution in [2.45, 2.75) is 90.0 Å². The number of hydrogen-bond acceptors (Lipinski definition) is 2. The van der Waals surface area contributed by atoms with Gasteiger partial charge in [-0.1, -0.05) is 71.6 Å². The Bertz CT molecular complexity index is 161. The van der Waals surface area contributed by atoms with Crippen LogP contribution in [0.4, 0.5) is 0 Å². The molecule has 2 heteroatoms. The Hall–Kier alpha value is -0.0800. The predicted molar refractivity (Wildman–Crippen MR) is 76.1 cm³/mol. The highest BCUT2D eigenvalue weighted by atomic mass is 16.3. The first-order chi connectivity index (χ1) is 8.18. The maximum absolute atomic E-state index is 9.40. The zero-order chi connectivity index (χ0) is 13.0. The van der Waals surface area contributed by atoms with E-state index in [1.807, 2.05) is 0 Å². The smallest absolute Gasteiger partial charge is 0.0611 e. The van der Waals surface area contributed by atoms with E-state index in [-0.39, 0.29) is 12.1 Å². The number of hydrogen-bond donors (Lipinski definition) is 2. The SMILES string of the molecule is CCCCCCCCC(N)(CO)CCCCC. The second kappa shape index (κ2) is 11.0. The van der Waals surface area contributed by atoms with Crippen LogP contribution in [-0.2, 0) is 0 Å². The zero-order valence-corrected chi connectivity index (χ0v) is 12.0. The van der Waals surface area contributed by atoms with Gasteiger partial charge in [0.15, 0.2) is 0 Å². The average Bonchev–Trinajstić information content (AvgIpc) is 2.34. The zero-order valence-electron chi connectivity index (χ0n) is 12.0. The summed E-state index contributed by atoms with van der Waals surface area (Å²) in [4.78, 5) is 0. The predicted octanol–water partition coefficient (Wildman–Crippen LogP) is 4.01. The summed E-state index contributed by atoms with van der Waals surface area (Å²) in [5.41, 5.74) is 5.92. The molecule has 0 radical (unpaired) electrons. The summed E-state index contributed by atoms with van der Waals surface area (Å²) in [5, 5.41) is 9.40. The molecular weight excluding hydrogens is 210 g/mol. The van der Waals surface area contributed by atoms with Crippen LogP contribution in [-0.4, -0.2) is 17.3 Å². The number of unbranched alkanes of at least 4 members (excludes halogenated alkanes) is 7. The van der Waals surface area contributed by atoms with Crippen LogP contribution in [0, 0.1) is 0 Å². The molecule has 0 spiro atoms. The van der Waals surface area contributed by atoms with Gasteiger partial charge in [-0.15, -0.1) is 0 Å². The van der Waals surface area contributed by atoms with Gasteiger partial charge >= 0.3 is 0 Å². The Morgan fingerprint density at radius 2 is 1.18 bits per heavy atom. The molecule has 0 fully saturated rings. The highest BCUT2D eigenvalue weighted by Gasteiger charge is 2.22. The second-order valence-corrected chi connectivity index (χ2v) is 5.50. The lowest BCUT2D eigenvalue weighted by Gasteiger charge is -2.27. The van der Waals surface area contributed by atoms with Crippen LogP contribution in [0.15, 0.2) is 0 Å². The third-order valence-corrected chi connectivity index (χ3v) is 3.62. The highest BCUT2D eigenvalue weighted by molar-refractivity contribution is 4.82. The van der Waals surface area contributed by atoms with E-state index in [0.717, 1.165) is 19.3 Å². The number of aliphatic hydroxyl groups excluding tert-OH is 1. The first-order valence-electron chi connectivity index (χ1n) is 7.58. The normalized spacial score (nSPS) is 14.8. The Kier molecular flexibility index (Phi) is 11.0. The standard InChI is InChI=1S/C15H33NO/c1-3-5-7-8-9-11-13-15(16,14-17)12-10-6-4-2/h17H,3-14,16H2,1-2H3. The Morgan fingerprint density at radius 3 is 1.71 bits per heavy atom. The summed E-state index contributed by atoms with van der Waals surface area (Å²) in [5.74, 6) is 0. The molecule has 0 aromatic rings. The summed E-state index contributed by atoms with van der Waals surface area (Å²) < 4.78 is 0. The maximum Gasteiger partial charge on any atom is 0.0611 e. The van der Waals surface area contributed by atoms with Crippen LogP contribution in [0.25, 0.3) is 0 Å². The Balaban J connectivity index is 3.57. The van der Waals surface area contributed by atoms with E-state index in [1.165, 1.54) is 51.4 Å². The molecule has 0 aliphatic heterocycles. The first-order valence-corrected chi connectivity index (χ1v) is 7.58. The van der Waals surface area contributed by atoms with Gasteiger partial charge in [-0.3, -0.25) is 0 Å². The molecule has 0 aromatic carbocycles. The molecule has 104 valence electrons. The fourth-order valence-corrected chi connectivity index (χ4v) is 2.27. The van der Waals surface area contributed by atoms with Gasteiger partial charge in [0, 0.05) is 5.54 Å². The van der Waals surface area contributed by atoms with Crippen LogP contribution in [0.1, 0.15) is 84.5 Å². The van der Waals surface area contributed by atoms with Gasteiger partial charge in [0.05, 0.1) is 6.61 Å². The van der Waals surface area contributed by atoms with Gasteiger partial charge in [-0.05, 0) is 12.8 Å². The topological polar surface area (TPSA) is 46.2 Å². The van der Waals surface area contributed by atoms with E-state index >= 15 is 0 Å². The van der Waals surface area contributed by atoms with Crippen molar-refractivity contribution < 1.29 is 5.11 Å². The van der Waals surface area contributed by atoms with Crippen LogP contribution < -0.4 is 5.73 Å². The number of aliphatic hydroxyl groups is 1. The van der Waals surface area contributed by atoms with Gasteiger partial charge in [0.1, 0.15) is 0 Å². The number of rotatable bonds is 12. The van der Waals surface area contributed by atoms with Crippen molar-refractivity contribution in [3.8, 4) is 0 Å². The molecule has 1 atom stereocenters. The molecule has 3 N–H and O–H groups in total. The largest absolute Gasteiger partial charge is 0.394 e. The Labute approximate surface area is 108 Å². The van der Waals surface area contributed by atoms with E-state index in [1.54, 1.807) is 0 Å². The highest BCUT2D eigenvalue weighted by Crippen LogP contribution is 2.20.